The molecule has 2 aliphatic rings. The van der Waals surface area contributed by atoms with Crippen molar-refractivity contribution < 1.29 is 9.59 Å². The SMILES string of the molecule is O=C(CN1CCN(C(=O)C=Cc2cn(-c3ccccc3)nc2-c2cccs2)CC1)NC1CC1. The van der Waals surface area contributed by atoms with Gasteiger partial charge in [-0.15, -0.1) is 11.3 Å². The minimum absolute atomic E-state index is 0.0123. The van der Waals surface area contributed by atoms with E-state index in [9.17, 15) is 9.59 Å². The van der Waals surface area contributed by atoms with E-state index in [-0.39, 0.29) is 11.8 Å². The van der Waals surface area contributed by atoms with Gasteiger partial charge in [-0.25, -0.2) is 4.68 Å². The standard InChI is InChI=1S/C25H27N5O2S/c31-23(26-20-9-10-20)18-28-12-14-29(15-13-28)24(32)11-8-19-17-30(21-5-2-1-3-6-21)27-25(19)22-7-4-16-33-22/h1-8,11,16-17,20H,9-10,12-15,18H2,(H,26,31). The van der Waals surface area contributed by atoms with E-state index in [4.69, 9.17) is 5.10 Å². The molecule has 8 heteroatoms. The maximum Gasteiger partial charge on any atom is 0.246 e. The van der Waals surface area contributed by atoms with Crippen LogP contribution in [0.3, 0.4) is 0 Å². The van der Waals surface area contributed by atoms with Crippen LogP contribution in [0.1, 0.15) is 18.4 Å². The van der Waals surface area contributed by atoms with Gasteiger partial charge in [-0.2, -0.15) is 5.10 Å². The van der Waals surface area contributed by atoms with Gasteiger partial charge in [-0.1, -0.05) is 24.3 Å². The molecule has 170 valence electrons. The first kappa shape index (κ1) is 21.6. The number of nitrogens with zero attached hydrogens (tertiary/aromatic N) is 4. The quantitative estimate of drug-likeness (QED) is 0.549. The molecular formula is C25H27N5O2S. The Morgan fingerprint density at radius 3 is 2.55 bits per heavy atom. The zero-order valence-corrected chi connectivity index (χ0v) is 19.2. The Morgan fingerprint density at radius 1 is 1.06 bits per heavy atom. The molecule has 2 fully saturated rings. The lowest BCUT2D eigenvalue weighted by molar-refractivity contribution is -0.128. The van der Waals surface area contributed by atoms with Gasteiger partial charge in [0.05, 0.1) is 17.1 Å². The molecule has 33 heavy (non-hydrogen) atoms. The Labute approximate surface area is 197 Å². The van der Waals surface area contributed by atoms with Crippen LogP contribution < -0.4 is 5.32 Å². The first-order valence-corrected chi connectivity index (χ1v) is 12.2. The maximum absolute atomic E-state index is 12.8. The van der Waals surface area contributed by atoms with Crippen LogP contribution in [0.25, 0.3) is 22.3 Å². The van der Waals surface area contributed by atoms with E-state index >= 15 is 0 Å². The van der Waals surface area contributed by atoms with Gasteiger partial charge in [0.15, 0.2) is 0 Å². The van der Waals surface area contributed by atoms with Crippen LogP contribution in [0.2, 0.25) is 0 Å². The molecule has 3 aromatic rings. The Morgan fingerprint density at radius 2 is 1.85 bits per heavy atom. The average Bonchev–Trinajstić information content (AvgIpc) is 3.31. The molecule has 1 saturated heterocycles. The van der Waals surface area contributed by atoms with Gasteiger partial charge in [0.1, 0.15) is 5.69 Å². The van der Waals surface area contributed by atoms with Crippen LogP contribution in [-0.2, 0) is 9.59 Å². The summed E-state index contributed by atoms with van der Waals surface area (Å²) in [6, 6.07) is 14.4. The molecule has 0 unspecified atom stereocenters. The van der Waals surface area contributed by atoms with E-state index < -0.39 is 0 Å². The number of carbonyl (C=O) groups is 2. The minimum Gasteiger partial charge on any atom is -0.352 e. The Hall–Kier alpha value is -3.23. The molecule has 2 amide bonds. The molecule has 7 nitrogen and oxygen atoms in total. The number of nitrogens with one attached hydrogen (secondary N) is 1. The second kappa shape index (κ2) is 9.72. The molecule has 1 saturated carbocycles. The van der Waals surface area contributed by atoms with Gasteiger partial charge in [0.25, 0.3) is 0 Å². The summed E-state index contributed by atoms with van der Waals surface area (Å²) < 4.78 is 1.85. The van der Waals surface area contributed by atoms with Crippen LogP contribution in [0, 0.1) is 0 Å². The first-order valence-electron chi connectivity index (χ1n) is 11.3. The second-order valence-corrected chi connectivity index (χ2v) is 9.41. The summed E-state index contributed by atoms with van der Waals surface area (Å²) >= 11 is 1.63. The average molecular weight is 462 g/mol. The normalized spacial score (nSPS) is 16.9. The third-order valence-corrected chi connectivity index (χ3v) is 6.79. The molecule has 3 heterocycles. The van der Waals surface area contributed by atoms with Crippen molar-refractivity contribution >= 4 is 29.2 Å². The van der Waals surface area contributed by atoms with Crippen molar-refractivity contribution in [3.8, 4) is 16.3 Å². The lowest BCUT2D eigenvalue weighted by Crippen LogP contribution is -2.51. The zero-order valence-electron chi connectivity index (χ0n) is 18.4. The molecule has 1 aromatic carbocycles. The van der Waals surface area contributed by atoms with Crippen LogP contribution in [-0.4, -0.2) is 70.2 Å². The second-order valence-electron chi connectivity index (χ2n) is 8.47. The number of rotatable bonds is 7. The summed E-state index contributed by atoms with van der Waals surface area (Å²) in [5.74, 6) is 0.0791. The third kappa shape index (κ3) is 5.40. The fourth-order valence-electron chi connectivity index (χ4n) is 3.92. The fourth-order valence-corrected chi connectivity index (χ4v) is 4.66. The molecule has 0 bridgehead atoms. The zero-order chi connectivity index (χ0) is 22.6. The van der Waals surface area contributed by atoms with E-state index in [0.29, 0.717) is 38.8 Å². The smallest absolute Gasteiger partial charge is 0.246 e. The van der Waals surface area contributed by atoms with Crippen LogP contribution in [0.15, 0.2) is 60.1 Å². The number of thiophene rings is 1. The molecular weight excluding hydrogens is 434 g/mol. The van der Waals surface area contributed by atoms with Crippen molar-refractivity contribution in [2.24, 2.45) is 0 Å². The predicted octanol–water partition coefficient (Wildman–Crippen LogP) is 3.04. The highest BCUT2D eigenvalue weighted by Gasteiger charge is 2.26. The molecule has 1 N–H and O–H groups in total. The largest absolute Gasteiger partial charge is 0.352 e. The number of benzene rings is 1. The van der Waals surface area contributed by atoms with Gasteiger partial charge in [-0.3, -0.25) is 14.5 Å². The van der Waals surface area contributed by atoms with Gasteiger partial charge >= 0.3 is 0 Å². The number of para-hydroxylation sites is 1. The Kier molecular flexibility index (Phi) is 6.37. The first-order chi connectivity index (χ1) is 16.2. The molecule has 2 aromatic heterocycles. The van der Waals surface area contributed by atoms with Gasteiger partial charge in [0.2, 0.25) is 11.8 Å². The Balaban J connectivity index is 1.24. The minimum atomic E-state index is -0.0123. The number of carbonyl (C=O) groups excluding carboxylic acids is 2. The van der Waals surface area contributed by atoms with Crippen molar-refractivity contribution in [2.45, 2.75) is 18.9 Å². The molecule has 5 rings (SSSR count). The van der Waals surface area contributed by atoms with Crippen molar-refractivity contribution in [3.05, 3.63) is 65.7 Å². The fraction of sp³-hybridized carbons (Fsp3) is 0.320. The van der Waals surface area contributed by atoms with Crippen molar-refractivity contribution in [2.75, 3.05) is 32.7 Å². The summed E-state index contributed by atoms with van der Waals surface area (Å²) in [7, 11) is 0. The molecule has 1 aliphatic carbocycles. The monoisotopic (exact) mass is 461 g/mol. The van der Waals surface area contributed by atoms with Crippen LogP contribution in [0.5, 0.6) is 0 Å². The van der Waals surface area contributed by atoms with Gasteiger partial charge in [0, 0.05) is 50.1 Å². The van der Waals surface area contributed by atoms with E-state index in [1.54, 1.807) is 17.4 Å². The summed E-state index contributed by atoms with van der Waals surface area (Å²) in [5, 5.41) is 9.83. The van der Waals surface area contributed by atoms with Crippen LogP contribution in [0.4, 0.5) is 0 Å². The lowest BCUT2D eigenvalue weighted by atomic mass is 10.2. The lowest BCUT2D eigenvalue weighted by Gasteiger charge is -2.33. The number of hydrogen-bond donors (Lipinski definition) is 1. The molecule has 0 spiro atoms. The topological polar surface area (TPSA) is 70.5 Å². The van der Waals surface area contributed by atoms with E-state index in [2.05, 4.69) is 10.2 Å². The third-order valence-electron chi connectivity index (χ3n) is 5.92. The number of piperazine rings is 1. The number of aromatic nitrogens is 2. The highest BCUT2D eigenvalue weighted by Crippen LogP contribution is 2.28. The summed E-state index contributed by atoms with van der Waals surface area (Å²) in [6.45, 7) is 3.09. The van der Waals surface area contributed by atoms with Crippen molar-refractivity contribution in [1.29, 1.82) is 0 Å². The number of amides is 2. The predicted molar refractivity (Wildman–Crippen MR) is 130 cm³/mol. The number of hydrogen-bond acceptors (Lipinski definition) is 5. The summed E-state index contributed by atoms with van der Waals surface area (Å²) in [4.78, 5) is 29.9. The van der Waals surface area contributed by atoms with E-state index in [0.717, 1.165) is 34.7 Å². The molecule has 0 atom stereocenters. The van der Waals surface area contributed by atoms with E-state index in [1.165, 1.54) is 0 Å². The molecule has 0 radical (unpaired) electrons. The highest BCUT2D eigenvalue weighted by atomic mass is 32.1. The Bertz CT molecular complexity index is 1130. The van der Waals surface area contributed by atoms with E-state index in [1.807, 2.05) is 69.7 Å². The van der Waals surface area contributed by atoms with Gasteiger partial charge < -0.3 is 10.2 Å². The van der Waals surface area contributed by atoms with Crippen LogP contribution >= 0.6 is 11.3 Å². The van der Waals surface area contributed by atoms with Crippen molar-refractivity contribution in [1.82, 2.24) is 24.9 Å². The molecule has 1 aliphatic heterocycles. The maximum atomic E-state index is 12.8. The van der Waals surface area contributed by atoms with Gasteiger partial charge in [-0.05, 0) is 42.5 Å². The summed E-state index contributed by atoms with van der Waals surface area (Å²) in [6.07, 6.45) is 7.65. The van der Waals surface area contributed by atoms with Crippen molar-refractivity contribution in [3.63, 3.8) is 0 Å². The highest BCUT2D eigenvalue weighted by molar-refractivity contribution is 7.13. The summed E-state index contributed by atoms with van der Waals surface area (Å²) in [5.41, 5.74) is 2.75.